The first-order valence-electron chi connectivity index (χ1n) is 6.44. The maximum Gasteiger partial charge on any atom is 0.337 e. The van der Waals surface area contributed by atoms with Crippen molar-refractivity contribution in [3.8, 4) is 11.1 Å². The van der Waals surface area contributed by atoms with E-state index in [9.17, 15) is 4.79 Å². The van der Waals surface area contributed by atoms with E-state index in [1.807, 2.05) is 26.2 Å². The Labute approximate surface area is 118 Å². The van der Waals surface area contributed by atoms with E-state index in [0.29, 0.717) is 6.04 Å². The quantitative estimate of drug-likeness (QED) is 0.927. The largest absolute Gasteiger partial charge is 0.478 e. The molecule has 1 atom stereocenters. The molecule has 0 bridgehead atoms. The van der Waals surface area contributed by atoms with Gasteiger partial charge in [-0.3, -0.25) is 4.98 Å². The van der Waals surface area contributed by atoms with Crippen LogP contribution in [0.5, 0.6) is 0 Å². The Balaban J connectivity index is 2.41. The zero-order chi connectivity index (χ0) is 14.7. The molecule has 2 rings (SSSR count). The summed E-state index contributed by atoms with van der Waals surface area (Å²) in [5.74, 6) is -0.961. The Bertz CT molecular complexity index is 623. The number of carboxylic acid groups (broad SMARTS) is 1. The molecule has 0 spiro atoms. The molecule has 0 amide bonds. The SMILES string of the molecule is C[C@H](c1cccc(-c2cncc(C(=O)O)c2)c1)N(C)C. The van der Waals surface area contributed by atoms with Gasteiger partial charge in [-0.25, -0.2) is 4.79 Å². The van der Waals surface area contributed by atoms with Gasteiger partial charge in [0.25, 0.3) is 0 Å². The van der Waals surface area contributed by atoms with Crippen molar-refractivity contribution in [1.29, 1.82) is 0 Å². The van der Waals surface area contributed by atoms with E-state index in [-0.39, 0.29) is 5.56 Å². The standard InChI is InChI=1S/C16H18N2O2/c1-11(18(2)3)12-5-4-6-13(7-12)14-8-15(16(19)20)10-17-9-14/h4-11H,1-3H3,(H,19,20)/t11-/m1/s1. The van der Waals surface area contributed by atoms with Crippen LogP contribution in [0.25, 0.3) is 11.1 Å². The zero-order valence-corrected chi connectivity index (χ0v) is 11.9. The number of aromatic nitrogens is 1. The number of carboxylic acids is 1. The molecule has 1 N–H and O–H groups in total. The Morgan fingerprint density at radius 3 is 2.60 bits per heavy atom. The summed E-state index contributed by atoms with van der Waals surface area (Å²) in [4.78, 5) is 17.1. The lowest BCUT2D eigenvalue weighted by molar-refractivity contribution is 0.0696. The van der Waals surface area contributed by atoms with Crippen molar-refractivity contribution in [3.63, 3.8) is 0 Å². The lowest BCUT2D eigenvalue weighted by atomic mass is 10.00. The molecule has 4 nitrogen and oxygen atoms in total. The van der Waals surface area contributed by atoms with E-state index in [2.05, 4.69) is 28.9 Å². The summed E-state index contributed by atoms with van der Waals surface area (Å²) in [6.45, 7) is 2.13. The summed E-state index contributed by atoms with van der Waals surface area (Å²) >= 11 is 0. The third kappa shape index (κ3) is 3.03. The predicted molar refractivity (Wildman–Crippen MR) is 78.7 cm³/mol. The van der Waals surface area contributed by atoms with Crippen molar-refractivity contribution >= 4 is 5.97 Å². The molecule has 0 aliphatic heterocycles. The van der Waals surface area contributed by atoms with Crippen LogP contribution in [0, 0.1) is 0 Å². The monoisotopic (exact) mass is 270 g/mol. The Morgan fingerprint density at radius 2 is 1.95 bits per heavy atom. The molecular weight excluding hydrogens is 252 g/mol. The highest BCUT2D eigenvalue weighted by molar-refractivity contribution is 5.88. The topological polar surface area (TPSA) is 53.4 Å². The molecule has 0 fully saturated rings. The molecule has 20 heavy (non-hydrogen) atoms. The predicted octanol–water partition coefficient (Wildman–Crippen LogP) is 3.07. The zero-order valence-electron chi connectivity index (χ0n) is 11.9. The summed E-state index contributed by atoms with van der Waals surface area (Å²) in [5.41, 5.74) is 3.19. The van der Waals surface area contributed by atoms with Gasteiger partial charge < -0.3 is 10.0 Å². The maximum atomic E-state index is 11.0. The van der Waals surface area contributed by atoms with Crippen LogP contribution in [-0.2, 0) is 0 Å². The number of carbonyl (C=O) groups is 1. The van der Waals surface area contributed by atoms with Crippen LogP contribution in [0.15, 0.2) is 42.7 Å². The van der Waals surface area contributed by atoms with Gasteiger partial charge in [0.1, 0.15) is 0 Å². The van der Waals surface area contributed by atoms with Gasteiger partial charge in [0, 0.05) is 24.0 Å². The Hall–Kier alpha value is -2.20. The average Bonchev–Trinajstić information content (AvgIpc) is 2.46. The second kappa shape index (κ2) is 5.84. The minimum atomic E-state index is -0.961. The molecule has 104 valence electrons. The van der Waals surface area contributed by atoms with Crippen LogP contribution in [0.2, 0.25) is 0 Å². The van der Waals surface area contributed by atoms with Gasteiger partial charge in [0.05, 0.1) is 5.56 Å². The molecule has 0 aliphatic rings. The van der Waals surface area contributed by atoms with Crippen molar-refractivity contribution in [2.75, 3.05) is 14.1 Å². The number of rotatable bonds is 4. The maximum absolute atomic E-state index is 11.0. The molecule has 0 unspecified atom stereocenters. The lowest BCUT2D eigenvalue weighted by Crippen LogP contribution is -2.16. The highest BCUT2D eigenvalue weighted by atomic mass is 16.4. The molecule has 0 radical (unpaired) electrons. The van der Waals surface area contributed by atoms with Crippen molar-refractivity contribution in [1.82, 2.24) is 9.88 Å². The number of nitrogens with zero attached hydrogens (tertiary/aromatic N) is 2. The third-order valence-electron chi connectivity index (χ3n) is 3.46. The summed E-state index contributed by atoms with van der Waals surface area (Å²) in [7, 11) is 4.06. The first-order chi connectivity index (χ1) is 9.49. The summed E-state index contributed by atoms with van der Waals surface area (Å²) in [6.07, 6.45) is 3.05. The van der Waals surface area contributed by atoms with E-state index in [0.717, 1.165) is 11.1 Å². The highest BCUT2D eigenvalue weighted by Crippen LogP contribution is 2.25. The molecule has 1 heterocycles. The van der Waals surface area contributed by atoms with E-state index < -0.39 is 5.97 Å². The Morgan fingerprint density at radius 1 is 1.20 bits per heavy atom. The molecule has 1 aromatic carbocycles. The second-order valence-corrected chi connectivity index (χ2v) is 5.03. The summed E-state index contributed by atoms with van der Waals surface area (Å²) < 4.78 is 0. The van der Waals surface area contributed by atoms with E-state index in [4.69, 9.17) is 5.11 Å². The first kappa shape index (κ1) is 14.2. The fourth-order valence-corrected chi connectivity index (χ4v) is 1.99. The van der Waals surface area contributed by atoms with Gasteiger partial charge in [-0.1, -0.05) is 18.2 Å². The molecule has 0 saturated carbocycles. The van der Waals surface area contributed by atoms with Gasteiger partial charge in [0.15, 0.2) is 0 Å². The third-order valence-corrected chi connectivity index (χ3v) is 3.46. The second-order valence-electron chi connectivity index (χ2n) is 5.03. The van der Waals surface area contributed by atoms with Crippen molar-refractivity contribution in [2.24, 2.45) is 0 Å². The molecule has 0 aliphatic carbocycles. The van der Waals surface area contributed by atoms with Crippen molar-refractivity contribution in [2.45, 2.75) is 13.0 Å². The van der Waals surface area contributed by atoms with Crippen LogP contribution in [0.1, 0.15) is 28.9 Å². The summed E-state index contributed by atoms with van der Waals surface area (Å²) in [5, 5.41) is 9.03. The van der Waals surface area contributed by atoms with Gasteiger partial charge in [-0.2, -0.15) is 0 Å². The smallest absolute Gasteiger partial charge is 0.337 e. The molecule has 0 saturated heterocycles. The molecule has 4 heteroatoms. The summed E-state index contributed by atoms with van der Waals surface area (Å²) in [6, 6.07) is 10.0. The highest BCUT2D eigenvalue weighted by Gasteiger charge is 2.10. The minimum Gasteiger partial charge on any atom is -0.478 e. The van der Waals surface area contributed by atoms with Crippen LogP contribution >= 0.6 is 0 Å². The van der Waals surface area contributed by atoms with Crippen LogP contribution in [0.4, 0.5) is 0 Å². The van der Waals surface area contributed by atoms with Crippen molar-refractivity contribution < 1.29 is 9.90 Å². The number of pyridine rings is 1. The lowest BCUT2D eigenvalue weighted by Gasteiger charge is -2.20. The fraction of sp³-hybridized carbons (Fsp3) is 0.250. The van der Waals surface area contributed by atoms with Crippen LogP contribution in [-0.4, -0.2) is 35.1 Å². The molecule has 2 aromatic rings. The number of hydrogen-bond acceptors (Lipinski definition) is 3. The van der Waals surface area contributed by atoms with Gasteiger partial charge in [-0.05, 0) is 44.3 Å². The normalized spacial score (nSPS) is 12.4. The van der Waals surface area contributed by atoms with Crippen LogP contribution in [0.3, 0.4) is 0 Å². The van der Waals surface area contributed by atoms with E-state index in [1.165, 1.54) is 11.8 Å². The van der Waals surface area contributed by atoms with Gasteiger partial charge in [0.2, 0.25) is 0 Å². The molecule has 1 aromatic heterocycles. The van der Waals surface area contributed by atoms with Gasteiger partial charge in [-0.15, -0.1) is 0 Å². The number of benzene rings is 1. The van der Waals surface area contributed by atoms with Gasteiger partial charge >= 0.3 is 5.97 Å². The average molecular weight is 270 g/mol. The van der Waals surface area contributed by atoms with Crippen LogP contribution < -0.4 is 0 Å². The fourth-order valence-electron chi connectivity index (χ4n) is 1.99. The van der Waals surface area contributed by atoms with E-state index in [1.54, 1.807) is 12.3 Å². The number of aromatic carboxylic acids is 1. The van der Waals surface area contributed by atoms with Crippen molar-refractivity contribution in [3.05, 3.63) is 53.9 Å². The minimum absolute atomic E-state index is 0.202. The number of hydrogen-bond donors (Lipinski definition) is 1. The van der Waals surface area contributed by atoms with E-state index >= 15 is 0 Å². The first-order valence-corrected chi connectivity index (χ1v) is 6.44. The molecular formula is C16H18N2O2. The Kier molecular flexibility index (Phi) is 4.15.